The van der Waals surface area contributed by atoms with E-state index in [0.29, 0.717) is 13.1 Å². The van der Waals surface area contributed by atoms with Gasteiger partial charge in [-0.1, -0.05) is 48.5 Å². The van der Waals surface area contributed by atoms with Crippen molar-refractivity contribution in [3.8, 4) is 22.3 Å². The Kier molecular flexibility index (Phi) is 4.67. The molecule has 2 heterocycles. The van der Waals surface area contributed by atoms with Gasteiger partial charge in [-0.05, 0) is 42.0 Å². The zero-order valence-electron chi connectivity index (χ0n) is 15.4. The van der Waals surface area contributed by atoms with Gasteiger partial charge in [0.05, 0.1) is 18.8 Å². The average Bonchev–Trinajstić information content (AvgIpc) is 3.33. The second-order valence-corrected chi connectivity index (χ2v) is 7.07. The Morgan fingerprint density at radius 1 is 1.11 bits per heavy atom. The average molecular weight is 361 g/mol. The summed E-state index contributed by atoms with van der Waals surface area (Å²) in [4.78, 5) is 12.9. The number of carbonyl (C=O) groups is 1. The first-order chi connectivity index (χ1) is 13.1. The molecule has 0 radical (unpaired) electrons. The number of hydrogen-bond donors (Lipinski definition) is 1. The van der Waals surface area contributed by atoms with Crippen LogP contribution in [-0.2, 0) is 6.54 Å². The summed E-state index contributed by atoms with van der Waals surface area (Å²) in [6, 6.07) is 16.7. The van der Waals surface area contributed by atoms with Gasteiger partial charge in [0, 0.05) is 18.3 Å². The lowest BCUT2D eigenvalue weighted by atomic mass is 9.94. The predicted molar refractivity (Wildman–Crippen MR) is 106 cm³/mol. The molecule has 27 heavy (non-hydrogen) atoms. The highest BCUT2D eigenvalue weighted by atomic mass is 16.4. The van der Waals surface area contributed by atoms with E-state index in [0.717, 1.165) is 24.0 Å². The number of amides is 1. The van der Waals surface area contributed by atoms with Gasteiger partial charge in [0.2, 0.25) is 0 Å². The molecule has 1 aliphatic rings. The van der Waals surface area contributed by atoms with Crippen molar-refractivity contribution in [3.05, 3.63) is 66.5 Å². The fourth-order valence-electron chi connectivity index (χ4n) is 3.97. The number of carboxylic acid groups (broad SMARTS) is 1. The van der Waals surface area contributed by atoms with Crippen LogP contribution in [0.15, 0.2) is 60.9 Å². The van der Waals surface area contributed by atoms with E-state index in [1.807, 2.05) is 23.1 Å². The minimum atomic E-state index is -0.837. The van der Waals surface area contributed by atoms with Crippen molar-refractivity contribution in [1.29, 1.82) is 0 Å². The quantitative estimate of drug-likeness (QED) is 0.735. The van der Waals surface area contributed by atoms with Gasteiger partial charge in [0.25, 0.3) is 0 Å². The molecule has 1 saturated heterocycles. The maximum absolute atomic E-state index is 11.3. The molecule has 0 saturated carbocycles. The molecule has 2 aromatic carbocycles. The molecule has 0 spiro atoms. The summed E-state index contributed by atoms with van der Waals surface area (Å²) in [5.74, 6) is 0. The molecule has 0 unspecified atom stereocenters. The summed E-state index contributed by atoms with van der Waals surface area (Å²) in [5.41, 5.74) is 5.85. The number of likely N-dealkylation sites (tertiary alicyclic amines) is 1. The minimum Gasteiger partial charge on any atom is -0.465 e. The van der Waals surface area contributed by atoms with Crippen LogP contribution in [0, 0.1) is 6.92 Å². The molecule has 1 atom stereocenters. The summed E-state index contributed by atoms with van der Waals surface area (Å²) in [6.45, 7) is 3.36. The zero-order valence-corrected chi connectivity index (χ0v) is 15.4. The van der Waals surface area contributed by atoms with Crippen LogP contribution in [0.3, 0.4) is 0 Å². The topological polar surface area (TPSA) is 58.4 Å². The Bertz CT molecular complexity index is 949. The van der Waals surface area contributed by atoms with Crippen molar-refractivity contribution >= 4 is 6.09 Å². The Morgan fingerprint density at radius 2 is 1.85 bits per heavy atom. The molecule has 1 aliphatic heterocycles. The van der Waals surface area contributed by atoms with Crippen LogP contribution in [0.2, 0.25) is 0 Å². The van der Waals surface area contributed by atoms with Crippen LogP contribution in [0.25, 0.3) is 22.3 Å². The van der Waals surface area contributed by atoms with Crippen LogP contribution in [0.4, 0.5) is 4.79 Å². The van der Waals surface area contributed by atoms with Gasteiger partial charge < -0.3 is 10.0 Å². The van der Waals surface area contributed by atoms with Crippen molar-refractivity contribution in [2.45, 2.75) is 32.4 Å². The minimum absolute atomic E-state index is 0.00648. The fourth-order valence-corrected chi connectivity index (χ4v) is 3.97. The highest BCUT2D eigenvalue weighted by molar-refractivity contribution is 5.77. The molecule has 5 nitrogen and oxygen atoms in total. The van der Waals surface area contributed by atoms with Gasteiger partial charge in [-0.25, -0.2) is 4.79 Å². The lowest BCUT2D eigenvalue weighted by Gasteiger charge is -2.21. The van der Waals surface area contributed by atoms with Crippen LogP contribution >= 0.6 is 0 Å². The predicted octanol–water partition coefficient (Wildman–Crippen LogP) is 4.67. The standard InChI is InChI=1S/C22H23N3O2/c1-16-20(17-7-3-2-4-8-17)10-5-11-21(16)18-13-23-24(14-18)15-19-9-6-12-25(19)22(26)27/h2-5,7-8,10-11,13-14,19H,6,9,12,15H2,1H3,(H,26,27)/t19-/m0/s1. The second-order valence-electron chi connectivity index (χ2n) is 7.07. The largest absolute Gasteiger partial charge is 0.465 e. The highest BCUT2D eigenvalue weighted by Crippen LogP contribution is 2.31. The third kappa shape index (κ3) is 3.45. The smallest absolute Gasteiger partial charge is 0.407 e. The van der Waals surface area contributed by atoms with E-state index in [1.165, 1.54) is 21.6 Å². The van der Waals surface area contributed by atoms with Gasteiger partial charge >= 0.3 is 6.09 Å². The van der Waals surface area contributed by atoms with E-state index >= 15 is 0 Å². The van der Waals surface area contributed by atoms with E-state index < -0.39 is 6.09 Å². The third-order valence-electron chi connectivity index (χ3n) is 5.38. The monoisotopic (exact) mass is 361 g/mol. The van der Waals surface area contributed by atoms with Gasteiger partial charge in [-0.15, -0.1) is 0 Å². The second kappa shape index (κ2) is 7.27. The molecule has 138 valence electrons. The molecule has 3 aromatic rings. The molecule has 5 heteroatoms. The summed E-state index contributed by atoms with van der Waals surface area (Å²) in [6.07, 6.45) is 4.87. The molecule has 4 rings (SSSR count). The zero-order chi connectivity index (χ0) is 18.8. The van der Waals surface area contributed by atoms with E-state index in [4.69, 9.17) is 0 Å². The summed E-state index contributed by atoms with van der Waals surface area (Å²) in [5, 5.41) is 13.8. The number of benzene rings is 2. The number of rotatable bonds is 4. The maximum Gasteiger partial charge on any atom is 0.407 e. The first-order valence-corrected chi connectivity index (χ1v) is 9.31. The van der Waals surface area contributed by atoms with Gasteiger partial charge in [-0.3, -0.25) is 4.68 Å². The molecule has 1 amide bonds. The van der Waals surface area contributed by atoms with Crippen molar-refractivity contribution < 1.29 is 9.90 Å². The maximum atomic E-state index is 11.3. The lowest BCUT2D eigenvalue weighted by Crippen LogP contribution is -2.37. The van der Waals surface area contributed by atoms with Gasteiger partial charge in [0.15, 0.2) is 0 Å². The Hall–Kier alpha value is -3.08. The van der Waals surface area contributed by atoms with E-state index in [-0.39, 0.29) is 6.04 Å². The van der Waals surface area contributed by atoms with Crippen molar-refractivity contribution in [1.82, 2.24) is 14.7 Å². The van der Waals surface area contributed by atoms with Gasteiger partial charge in [0.1, 0.15) is 0 Å². The van der Waals surface area contributed by atoms with Crippen LogP contribution in [0.1, 0.15) is 18.4 Å². The Balaban J connectivity index is 1.60. The molecule has 1 aromatic heterocycles. The molecule has 0 bridgehead atoms. The molecular formula is C22H23N3O2. The number of hydrogen-bond acceptors (Lipinski definition) is 2. The summed E-state index contributed by atoms with van der Waals surface area (Å²) < 4.78 is 1.87. The van der Waals surface area contributed by atoms with E-state index in [2.05, 4.69) is 54.5 Å². The fraction of sp³-hybridized carbons (Fsp3) is 0.273. The molecular weight excluding hydrogens is 338 g/mol. The summed E-state index contributed by atoms with van der Waals surface area (Å²) in [7, 11) is 0. The lowest BCUT2D eigenvalue weighted by molar-refractivity contribution is 0.135. The summed E-state index contributed by atoms with van der Waals surface area (Å²) >= 11 is 0. The third-order valence-corrected chi connectivity index (χ3v) is 5.38. The van der Waals surface area contributed by atoms with Crippen molar-refractivity contribution in [2.24, 2.45) is 0 Å². The first-order valence-electron chi connectivity index (χ1n) is 9.31. The Labute approximate surface area is 158 Å². The SMILES string of the molecule is Cc1c(-c2ccccc2)cccc1-c1cnn(C[C@@H]2CCCN2C(=O)O)c1. The molecule has 1 N–H and O–H groups in total. The van der Waals surface area contributed by atoms with E-state index in [9.17, 15) is 9.90 Å². The molecule has 1 fully saturated rings. The van der Waals surface area contributed by atoms with E-state index in [1.54, 1.807) is 0 Å². The van der Waals surface area contributed by atoms with Crippen molar-refractivity contribution in [2.75, 3.05) is 6.54 Å². The van der Waals surface area contributed by atoms with Crippen LogP contribution in [-0.4, -0.2) is 38.5 Å². The number of nitrogens with zero attached hydrogens (tertiary/aromatic N) is 3. The number of aromatic nitrogens is 2. The normalized spacial score (nSPS) is 16.6. The molecule has 0 aliphatic carbocycles. The first kappa shape index (κ1) is 17.3. The van der Waals surface area contributed by atoms with Crippen molar-refractivity contribution in [3.63, 3.8) is 0 Å². The van der Waals surface area contributed by atoms with Gasteiger partial charge in [-0.2, -0.15) is 5.10 Å². The van der Waals surface area contributed by atoms with Crippen LogP contribution < -0.4 is 0 Å². The highest BCUT2D eigenvalue weighted by Gasteiger charge is 2.28. The Morgan fingerprint density at radius 3 is 2.59 bits per heavy atom. The van der Waals surface area contributed by atoms with Crippen LogP contribution in [0.5, 0.6) is 0 Å².